The van der Waals surface area contributed by atoms with Crippen molar-refractivity contribution < 1.29 is 24.5 Å². The van der Waals surface area contributed by atoms with Crippen molar-refractivity contribution in [1.82, 2.24) is 5.32 Å². The maximum Gasteiger partial charge on any atom is 0.305 e. The first kappa shape index (κ1) is 69.6. The average molecular weight is 1010 g/mol. The molecule has 0 spiro atoms. The Kier molecular flexibility index (Phi) is 59.0. The highest BCUT2D eigenvalue weighted by Gasteiger charge is 2.18. The smallest absolute Gasteiger partial charge is 0.305 e. The van der Waals surface area contributed by atoms with E-state index in [-0.39, 0.29) is 18.5 Å². The number of ether oxygens (including phenoxy) is 1. The van der Waals surface area contributed by atoms with E-state index >= 15 is 0 Å². The van der Waals surface area contributed by atoms with Crippen molar-refractivity contribution in [1.29, 1.82) is 0 Å². The number of carbonyl (C=O) groups excluding carboxylic acids is 2. The van der Waals surface area contributed by atoms with Crippen molar-refractivity contribution in [3.8, 4) is 0 Å². The van der Waals surface area contributed by atoms with Crippen LogP contribution in [-0.4, -0.2) is 47.4 Å². The molecule has 420 valence electrons. The van der Waals surface area contributed by atoms with Crippen molar-refractivity contribution in [2.24, 2.45) is 0 Å². The van der Waals surface area contributed by atoms with Gasteiger partial charge in [-0.3, -0.25) is 9.59 Å². The Morgan fingerprint density at radius 2 is 0.722 bits per heavy atom. The van der Waals surface area contributed by atoms with Gasteiger partial charge in [0.05, 0.1) is 25.4 Å². The first-order valence-corrected chi connectivity index (χ1v) is 31.6. The van der Waals surface area contributed by atoms with E-state index in [2.05, 4.69) is 67.8 Å². The summed E-state index contributed by atoms with van der Waals surface area (Å²) in [4.78, 5) is 24.5. The quantitative estimate of drug-likeness (QED) is 0.0320. The third kappa shape index (κ3) is 56.8. The third-order valence-electron chi connectivity index (χ3n) is 14.2. The highest BCUT2D eigenvalue weighted by Crippen LogP contribution is 2.17. The first-order chi connectivity index (χ1) is 35.5. The Hall–Kier alpha value is -2.44. The lowest BCUT2D eigenvalue weighted by molar-refractivity contribution is -0.143. The van der Waals surface area contributed by atoms with Crippen molar-refractivity contribution >= 4 is 11.9 Å². The Labute approximate surface area is 448 Å². The molecule has 6 heteroatoms. The molecule has 72 heavy (non-hydrogen) atoms. The van der Waals surface area contributed by atoms with Gasteiger partial charge in [0, 0.05) is 12.8 Å². The summed E-state index contributed by atoms with van der Waals surface area (Å²) >= 11 is 0. The Balaban J connectivity index is 3.50. The van der Waals surface area contributed by atoms with Crippen molar-refractivity contribution in [2.75, 3.05) is 13.2 Å². The molecular formula is C66H121NO5. The standard InChI is InChI=1S/C66H121NO5/c1-3-5-7-9-11-13-15-17-18-19-25-28-31-35-38-42-46-50-54-58-64(69)63(62-68)67-65(70)59-55-51-47-43-39-36-32-29-26-23-21-20-22-24-27-30-33-37-41-45-49-53-57-61-72-66(71)60-56-52-48-44-40-34-16-14-12-10-8-6-4-2/h8,10,14,16,20,22-23,26,54,58,63-64,68-69H,3-7,9,11-13,15,17-19,21,24-25,27-53,55-57,59-62H2,1-2H3,(H,67,70)/b10-8-,16-14-,22-20-,26-23-,58-54+. The van der Waals surface area contributed by atoms with E-state index in [4.69, 9.17) is 4.74 Å². The van der Waals surface area contributed by atoms with Gasteiger partial charge in [0.25, 0.3) is 0 Å². The summed E-state index contributed by atoms with van der Waals surface area (Å²) in [6.45, 7) is 4.83. The van der Waals surface area contributed by atoms with Crippen LogP contribution in [0.3, 0.4) is 0 Å². The Morgan fingerprint density at radius 1 is 0.389 bits per heavy atom. The van der Waals surface area contributed by atoms with Gasteiger partial charge >= 0.3 is 5.97 Å². The molecule has 0 bridgehead atoms. The average Bonchev–Trinajstić information content (AvgIpc) is 3.38. The van der Waals surface area contributed by atoms with Gasteiger partial charge in [0.2, 0.25) is 5.91 Å². The molecule has 0 radical (unpaired) electrons. The predicted molar refractivity (Wildman–Crippen MR) is 315 cm³/mol. The zero-order valence-electron chi connectivity index (χ0n) is 47.9. The fourth-order valence-electron chi connectivity index (χ4n) is 9.41. The summed E-state index contributed by atoms with van der Waals surface area (Å²) < 4.78 is 5.46. The molecular weight excluding hydrogens is 887 g/mol. The van der Waals surface area contributed by atoms with Crippen LogP contribution in [0.15, 0.2) is 60.8 Å². The minimum absolute atomic E-state index is 0.00937. The number of allylic oxidation sites excluding steroid dienone is 9. The molecule has 6 nitrogen and oxygen atoms in total. The summed E-state index contributed by atoms with van der Waals surface area (Å²) in [5, 5.41) is 23.2. The number of esters is 1. The van der Waals surface area contributed by atoms with Crippen LogP contribution in [-0.2, 0) is 14.3 Å². The lowest BCUT2D eigenvalue weighted by Gasteiger charge is -2.20. The zero-order valence-corrected chi connectivity index (χ0v) is 47.9. The molecule has 0 aliphatic carbocycles. The summed E-state index contributed by atoms with van der Waals surface area (Å²) in [6, 6.07) is -0.638. The Bertz CT molecular complexity index is 1250. The van der Waals surface area contributed by atoms with Crippen molar-refractivity contribution in [3.63, 3.8) is 0 Å². The van der Waals surface area contributed by atoms with Gasteiger partial charge in [-0.05, 0) is 89.9 Å². The molecule has 0 aromatic carbocycles. The molecule has 0 aliphatic heterocycles. The molecule has 0 aromatic rings. The number of unbranched alkanes of at least 4 members (excludes halogenated alkanes) is 39. The van der Waals surface area contributed by atoms with E-state index in [1.54, 1.807) is 6.08 Å². The highest BCUT2D eigenvalue weighted by atomic mass is 16.5. The number of rotatable bonds is 58. The van der Waals surface area contributed by atoms with E-state index in [0.717, 1.165) is 70.6 Å². The molecule has 0 aromatic heterocycles. The number of amides is 1. The van der Waals surface area contributed by atoms with Gasteiger partial charge in [-0.15, -0.1) is 0 Å². The minimum atomic E-state index is -0.853. The van der Waals surface area contributed by atoms with Gasteiger partial charge in [-0.1, -0.05) is 280 Å². The predicted octanol–water partition coefficient (Wildman–Crippen LogP) is 19.9. The Morgan fingerprint density at radius 3 is 1.11 bits per heavy atom. The molecule has 1 amide bonds. The second-order valence-corrected chi connectivity index (χ2v) is 21.4. The van der Waals surface area contributed by atoms with E-state index in [1.807, 2.05) is 6.08 Å². The van der Waals surface area contributed by atoms with Crippen LogP contribution < -0.4 is 5.32 Å². The molecule has 0 aliphatic rings. The number of carbonyl (C=O) groups is 2. The normalized spacial score (nSPS) is 13.0. The number of hydrogen-bond donors (Lipinski definition) is 3. The van der Waals surface area contributed by atoms with Crippen LogP contribution >= 0.6 is 0 Å². The second-order valence-electron chi connectivity index (χ2n) is 21.4. The third-order valence-corrected chi connectivity index (χ3v) is 14.2. The number of nitrogens with one attached hydrogen (secondary N) is 1. The SMILES string of the molecule is CCC/C=C\C/C=C\CCCCCCCC(=O)OCCCCCCCCCCC/C=C\C/C=C\CCCCCCCCCC(=O)NC(CO)C(O)/C=C/CCCCCCCCCCCCCCCCCCC. The van der Waals surface area contributed by atoms with Crippen LogP contribution in [0.25, 0.3) is 0 Å². The maximum absolute atomic E-state index is 12.5. The van der Waals surface area contributed by atoms with Crippen LogP contribution in [0.2, 0.25) is 0 Å². The van der Waals surface area contributed by atoms with Gasteiger partial charge in [0.1, 0.15) is 0 Å². The molecule has 2 unspecified atom stereocenters. The first-order valence-electron chi connectivity index (χ1n) is 31.6. The molecule has 0 rings (SSSR count). The van der Waals surface area contributed by atoms with E-state index in [1.165, 1.54) is 225 Å². The topological polar surface area (TPSA) is 95.9 Å². The van der Waals surface area contributed by atoms with Crippen LogP contribution in [0, 0.1) is 0 Å². The van der Waals surface area contributed by atoms with Crippen molar-refractivity contribution in [2.45, 2.75) is 334 Å². The fraction of sp³-hybridized carbons (Fsp3) is 0.818. The molecule has 0 saturated carbocycles. The fourth-order valence-corrected chi connectivity index (χ4v) is 9.41. The molecule has 0 saturated heterocycles. The monoisotopic (exact) mass is 1010 g/mol. The van der Waals surface area contributed by atoms with Gasteiger partial charge in [0.15, 0.2) is 0 Å². The van der Waals surface area contributed by atoms with Crippen molar-refractivity contribution in [3.05, 3.63) is 60.8 Å². The number of aliphatic hydroxyl groups is 2. The summed E-state index contributed by atoms with van der Waals surface area (Å²) in [7, 11) is 0. The maximum atomic E-state index is 12.5. The van der Waals surface area contributed by atoms with Gasteiger partial charge < -0.3 is 20.3 Å². The van der Waals surface area contributed by atoms with E-state index < -0.39 is 12.1 Å². The lowest BCUT2D eigenvalue weighted by atomic mass is 10.0. The van der Waals surface area contributed by atoms with Crippen LogP contribution in [0.5, 0.6) is 0 Å². The molecule has 3 N–H and O–H groups in total. The largest absolute Gasteiger partial charge is 0.466 e. The summed E-state index contributed by atoms with van der Waals surface area (Å²) in [5.74, 6) is -0.0868. The summed E-state index contributed by atoms with van der Waals surface area (Å²) in [5.41, 5.74) is 0. The van der Waals surface area contributed by atoms with Crippen LogP contribution in [0.1, 0.15) is 322 Å². The molecule has 0 heterocycles. The highest BCUT2D eigenvalue weighted by molar-refractivity contribution is 5.76. The van der Waals surface area contributed by atoms with Gasteiger partial charge in [-0.2, -0.15) is 0 Å². The number of hydrogen-bond acceptors (Lipinski definition) is 5. The number of aliphatic hydroxyl groups excluding tert-OH is 2. The minimum Gasteiger partial charge on any atom is -0.466 e. The van der Waals surface area contributed by atoms with E-state index in [0.29, 0.717) is 19.4 Å². The lowest BCUT2D eigenvalue weighted by Crippen LogP contribution is -2.45. The second kappa shape index (κ2) is 61.1. The summed E-state index contributed by atoms with van der Waals surface area (Å²) in [6.07, 6.45) is 79.7. The van der Waals surface area contributed by atoms with E-state index in [9.17, 15) is 19.8 Å². The van der Waals surface area contributed by atoms with Crippen LogP contribution in [0.4, 0.5) is 0 Å². The molecule has 2 atom stereocenters. The zero-order chi connectivity index (χ0) is 52.2. The molecule has 0 fully saturated rings. The van der Waals surface area contributed by atoms with Gasteiger partial charge in [-0.25, -0.2) is 0 Å².